The molecule has 1 rings (SSSR count). The lowest BCUT2D eigenvalue weighted by Gasteiger charge is -2.09. The largest absolute Gasteiger partial charge is 0.422 e. The Kier molecular flexibility index (Phi) is 7.88. The fourth-order valence-electron chi connectivity index (χ4n) is 1.73. The van der Waals surface area contributed by atoms with Gasteiger partial charge in [0.2, 0.25) is 0 Å². The number of rotatable bonds is 8. The number of aromatic nitrogens is 1. The summed E-state index contributed by atoms with van der Waals surface area (Å²) in [6, 6.07) is 1.43. The lowest BCUT2D eigenvalue weighted by Crippen LogP contribution is -2.14. The summed E-state index contributed by atoms with van der Waals surface area (Å²) in [4.78, 5) is 26.8. The second-order valence-corrected chi connectivity index (χ2v) is 6.22. The van der Waals surface area contributed by atoms with E-state index in [0.29, 0.717) is 10.9 Å². The molecule has 0 atom stereocenters. The second kappa shape index (κ2) is 9.15. The van der Waals surface area contributed by atoms with Gasteiger partial charge < -0.3 is 10.5 Å². The fraction of sp³-hybridized carbons (Fsp3) is 0.500. The lowest BCUT2D eigenvalue weighted by atomic mass is 10.1. The van der Waals surface area contributed by atoms with Gasteiger partial charge in [-0.2, -0.15) is 0 Å². The number of primary amides is 1. The van der Waals surface area contributed by atoms with Crippen LogP contribution in [0.25, 0.3) is 0 Å². The molecule has 0 fully saturated rings. The number of nitrogens with zero attached hydrogens (tertiary/aromatic N) is 1. The minimum atomic E-state index is -0.648. The van der Waals surface area contributed by atoms with Gasteiger partial charge in [-0.05, 0) is 44.3 Å². The number of hydrogen-bond acceptors (Lipinski definition) is 4. The first-order valence-corrected chi connectivity index (χ1v) is 8.40. The first-order chi connectivity index (χ1) is 9.95. The zero-order valence-corrected chi connectivity index (χ0v) is 15.0. The van der Waals surface area contributed by atoms with E-state index in [1.807, 2.05) is 0 Å². The third kappa shape index (κ3) is 6.13. The monoisotopic (exact) mass is 420 g/mol. The molecule has 1 heterocycles. The molecule has 0 aliphatic carbocycles. The summed E-state index contributed by atoms with van der Waals surface area (Å²) >= 11 is 6.41. The Morgan fingerprint density at radius 1 is 1.24 bits per heavy atom. The van der Waals surface area contributed by atoms with Gasteiger partial charge in [-0.15, -0.1) is 0 Å². The van der Waals surface area contributed by atoms with Crippen molar-refractivity contribution in [1.29, 1.82) is 0 Å². The number of carbonyl (C=O) groups is 2. The van der Waals surface area contributed by atoms with Gasteiger partial charge >= 0.3 is 5.97 Å². The first-order valence-electron chi connectivity index (χ1n) is 6.82. The molecule has 0 spiro atoms. The van der Waals surface area contributed by atoms with Gasteiger partial charge in [0.05, 0.1) is 4.47 Å². The van der Waals surface area contributed by atoms with Crippen molar-refractivity contribution in [2.75, 3.05) is 0 Å². The van der Waals surface area contributed by atoms with Crippen LogP contribution in [0.4, 0.5) is 0 Å². The number of pyridine rings is 1. The molecule has 116 valence electrons. The number of hydrogen-bond donors (Lipinski definition) is 1. The van der Waals surface area contributed by atoms with Crippen molar-refractivity contribution in [2.24, 2.45) is 5.73 Å². The highest BCUT2D eigenvalue weighted by Crippen LogP contribution is 2.32. The Morgan fingerprint density at radius 3 is 2.48 bits per heavy atom. The maximum Gasteiger partial charge on any atom is 0.311 e. The van der Waals surface area contributed by atoms with E-state index < -0.39 is 5.91 Å². The standard InChI is InChI=1S/C14H18Br2N2O3/c1-2-3-4-5-6-7-11(19)21-12-9(15)8-10(14(17)20)18-13(12)16/h8H,2-7H2,1H3,(H2,17,20). The molecule has 1 aromatic heterocycles. The van der Waals surface area contributed by atoms with Crippen LogP contribution in [0.15, 0.2) is 15.1 Å². The Balaban J connectivity index is 2.58. The molecular weight excluding hydrogens is 404 g/mol. The van der Waals surface area contributed by atoms with Gasteiger partial charge in [0.25, 0.3) is 5.91 Å². The minimum absolute atomic E-state index is 0.0908. The van der Waals surface area contributed by atoms with Crippen molar-refractivity contribution in [2.45, 2.75) is 45.4 Å². The van der Waals surface area contributed by atoms with Gasteiger partial charge in [0.1, 0.15) is 5.69 Å². The molecule has 0 aliphatic rings. The summed E-state index contributed by atoms with van der Waals surface area (Å²) in [5.41, 5.74) is 5.25. The third-order valence-electron chi connectivity index (χ3n) is 2.84. The van der Waals surface area contributed by atoms with E-state index in [2.05, 4.69) is 43.8 Å². The highest BCUT2D eigenvalue weighted by Gasteiger charge is 2.16. The Bertz CT molecular complexity index is 498. The number of nitrogens with two attached hydrogens (primary N) is 1. The summed E-state index contributed by atoms with van der Waals surface area (Å²) in [7, 11) is 0. The topological polar surface area (TPSA) is 82.3 Å². The van der Waals surface area contributed by atoms with E-state index in [1.165, 1.54) is 18.9 Å². The summed E-state index contributed by atoms with van der Waals surface area (Å²) in [6.45, 7) is 2.14. The van der Waals surface area contributed by atoms with Crippen molar-refractivity contribution in [1.82, 2.24) is 4.98 Å². The molecule has 0 aromatic carbocycles. The summed E-state index contributed by atoms with van der Waals surface area (Å²) < 4.78 is 5.99. The van der Waals surface area contributed by atoms with Gasteiger partial charge in [-0.3, -0.25) is 9.59 Å². The van der Waals surface area contributed by atoms with Crippen molar-refractivity contribution in [3.8, 4) is 5.75 Å². The van der Waals surface area contributed by atoms with Crippen molar-refractivity contribution in [3.05, 3.63) is 20.8 Å². The SMILES string of the molecule is CCCCCCCC(=O)Oc1c(Br)cc(C(N)=O)nc1Br. The lowest BCUT2D eigenvalue weighted by molar-refractivity contribution is -0.134. The summed E-state index contributed by atoms with van der Waals surface area (Å²) in [5, 5.41) is 0. The quantitative estimate of drug-likeness (QED) is 0.391. The molecule has 0 aliphatic heterocycles. The van der Waals surface area contributed by atoms with Crippen molar-refractivity contribution in [3.63, 3.8) is 0 Å². The second-order valence-electron chi connectivity index (χ2n) is 4.61. The van der Waals surface area contributed by atoms with Crippen LogP contribution in [0.5, 0.6) is 5.75 Å². The molecule has 0 saturated carbocycles. The van der Waals surface area contributed by atoms with Crippen LogP contribution in [-0.4, -0.2) is 16.9 Å². The number of unbranched alkanes of at least 4 members (excludes halogenated alkanes) is 4. The number of ether oxygens (including phenoxy) is 1. The molecular formula is C14H18Br2N2O3. The average Bonchev–Trinajstić information content (AvgIpc) is 2.42. The van der Waals surface area contributed by atoms with E-state index in [9.17, 15) is 9.59 Å². The number of halogens is 2. The Labute approximate surface area is 140 Å². The van der Waals surface area contributed by atoms with E-state index in [4.69, 9.17) is 10.5 Å². The van der Waals surface area contributed by atoms with Crippen LogP contribution < -0.4 is 10.5 Å². The van der Waals surface area contributed by atoms with E-state index in [1.54, 1.807) is 0 Å². The zero-order chi connectivity index (χ0) is 15.8. The van der Waals surface area contributed by atoms with E-state index in [-0.39, 0.29) is 22.0 Å². The van der Waals surface area contributed by atoms with Gasteiger partial charge in [-0.25, -0.2) is 4.98 Å². The fourth-order valence-corrected chi connectivity index (χ4v) is 2.96. The van der Waals surface area contributed by atoms with E-state index >= 15 is 0 Å². The van der Waals surface area contributed by atoms with E-state index in [0.717, 1.165) is 19.3 Å². The Hall–Kier alpha value is -0.950. The highest BCUT2D eigenvalue weighted by atomic mass is 79.9. The van der Waals surface area contributed by atoms with Gasteiger partial charge in [0, 0.05) is 6.42 Å². The molecule has 21 heavy (non-hydrogen) atoms. The maximum absolute atomic E-state index is 11.8. The number of esters is 1. The van der Waals surface area contributed by atoms with Gasteiger partial charge in [-0.1, -0.05) is 32.6 Å². The summed E-state index contributed by atoms with van der Waals surface area (Å²) in [5.74, 6) is -0.703. The van der Waals surface area contributed by atoms with Crippen molar-refractivity contribution >= 4 is 43.7 Å². The first kappa shape index (κ1) is 18.1. The van der Waals surface area contributed by atoms with Crippen molar-refractivity contribution < 1.29 is 14.3 Å². The normalized spacial score (nSPS) is 10.4. The van der Waals surface area contributed by atoms with Crippen LogP contribution in [0.1, 0.15) is 55.9 Å². The molecule has 1 amide bonds. The molecule has 0 radical (unpaired) electrons. The molecule has 0 unspecified atom stereocenters. The van der Waals surface area contributed by atoms with Crippen LogP contribution in [-0.2, 0) is 4.79 Å². The average molecular weight is 422 g/mol. The molecule has 5 nitrogen and oxygen atoms in total. The van der Waals surface area contributed by atoms with Crippen LogP contribution in [0, 0.1) is 0 Å². The smallest absolute Gasteiger partial charge is 0.311 e. The third-order valence-corrected chi connectivity index (χ3v) is 3.97. The maximum atomic E-state index is 11.8. The predicted molar refractivity (Wildman–Crippen MR) is 87.2 cm³/mol. The molecule has 2 N–H and O–H groups in total. The van der Waals surface area contributed by atoms with Crippen LogP contribution in [0.3, 0.4) is 0 Å². The van der Waals surface area contributed by atoms with Crippen LogP contribution >= 0.6 is 31.9 Å². The predicted octanol–water partition coefficient (Wildman–Crippen LogP) is 3.97. The molecule has 7 heteroatoms. The van der Waals surface area contributed by atoms with Gasteiger partial charge in [0.15, 0.2) is 10.4 Å². The number of amides is 1. The highest BCUT2D eigenvalue weighted by molar-refractivity contribution is 9.11. The molecule has 0 bridgehead atoms. The summed E-state index contributed by atoms with van der Waals surface area (Å²) in [6.07, 6.45) is 5.67. The minimum Gasteiger partial charge on any atom is -0.422 e. The zero-order valence-electron chi connectivity index (χ0n) is 11.8. The molecule has 0 saturated heterocycles. The number of carbonyl (C=O) groups excluding carboxylic acids is 2. The molecule has 1 aromatic rings. The Morgan fingerprint density at radius 2 is 1.90 bits per heavy atom. The van der Waals surface area contributed by atoms with Crippen LogP contribution in [0.2, 0.25) is 0 Å².